The van der Waals surface area contributed by atoms with Gasteiger partial charge in [0.15, 0.2) is 18.1 Å². The maximum atomic E-state index is 12.1. The first-order chi connectivity index (χ1) is 13.6. The van der Waals surface area contributed by atoms with Crippen LogP contribution in [0.2, 0.25) is 0 Å². The van der Waals surface area contributed by atoms with Crippen LogP contribution in [0, 0.1) is 0 Å². The Bertz CT molecular complexity index is 1120. The van der Waals surface area contributed by atoms with Crippen LogP contribution < -0.4 is 20.3 Å². The summed E-state index contributed by atoms with van der Waals surface area (Å²) in [6.07, 6.45) is -0.172. The van der Waals surface area contributed by atoms with Crippen molar-refractivity contribution in [2.45, 2.75) is 6.42 Å². The van der Waals surface area contributed by atoms with Crippen molar-refractivity contribution in [3.8, 4) is 11.5 Å². The number of benzene rings is 2. The second kappa shape index (κ2) is 7.39. The maximum Gasteiger partial charge on any atom is 0.312 e. The average Bonchev–Trinajstić information content (AvgIpc) is 3.17. The van der Waals surface area contributed by atoms with Gasteiger partial charge in [-0.2, -0.15) is 5.10 Å². The predicted octanol–water partition coefficient (Wildman–Crippen LogP) is 1.38. The second-order valence-corrected chi connectivity index (χ2v) is 6.00. The summed E-state index contributed by atoms with van der Waals surface area (Å²) in [4.78, 5) is 35.9. The molecule has 1 amide bonds. The van der Waals surface area contributed by atoms with E-state index in [0.717, 1.165) is 0 Å². The fourth-order valence-electron chi connectivity index (χ4n) is 2.81. The van der Waals surface area contributed by atoms with Crippen molar-refractivity contribution in [3.05, 3.63) is 58.5 Å². The first-order valence-corrected chi connectivity index (χ1v) is 8.41. The van der Waals surface area contributed by atoms with Gasteiger partial charge in [-0.3, -0.25) is 14.4 Å². The number of nitrogens with zero attached hydrogens (tertiary/aromatic N) is 1. The van der Waals surface area contributed by atoms with Crippen LogP contribution in [-0.2, 0) is 20.7 Å². The van der Waals surface area contributed by atoms with Gasteiger partial charge in [-0.1, -0.05) is 18.2 Å². The standard InChI is InChI=1S/C19H15N3O6/c23-17(20-11-5-6-15-16(7-11)28-10-27-15)9-26-18(24)8-14-12-3-1-2-4-13(12)19(25)22-21-14/h1-7H,8-10H2,(H,20,23)(H,22,25). The van der Waals surface area contributed by atoms with Crippen molar-refractivity contribution in [2.75, 3.05) is 18.7 Å². The Hall–Kier alpha value is -3.88. The minimum Gasteiger partial charge on any atom is -0.455 e. The fourth-order valence-corrected chi connectivity index (χ4v) is 2.81. The molecule has 0 aliphatic carbocycles. The largest absolute Gasteiger partial charge is 0.455 e. The van der Waals surface area contributed by atoms with Crippen molar-refractivity contribution in [1.82, 2.24) is 10.2 Å². The zero-order valence-electron chi connectivity index (χ0n) is 14.6. The lowest BCUT2D eigenvalue weighted by molar-refractivity contribution is -0.146. The van der Waals surface area contributed by atoms with E-state index in [1.54, 1.807) is 42.5 Å². The number of esters is 1. The Kier molecular flexibility index (Phi) is 4.63. The topological polar surface area (TPSA) is 120 Å². The molecule has 1 aliphatic rings. The van der Waals surface area contributed by atoms with Gasteiger partial charge in [0.1, 0.15) is 0 Å². The van der Waals surface area contributed by atoms with Crippen LogP contribution in [-0.4, -0.2) is 35.5 Å². The summed E-state index contributed by atoms with van der Waals surface area (Å²) in [7, 11) is 0. The highest BCUT2D eigenvalue weighted by molar-refractivity contribution is 5.93. The Balaban J connectivity index is 1.35. The van der Waals surface area contributed by atoms with E-state index >= 15 is 0 Å². The average molecular weight is 381 g/mol. The van der Waals surface area contributed by atoms with E-state index in [2.05, 4.69) is 15.5 Å². The summed E-state index contributed by atoms with van der Waals surface area (Å²) >= 11 is 0. The summed E-state index contributed by atoms with van der Waals surface area (Å²) in [6.45, 7) is -0.313. The third-order valence-corrected chi connectivity index (χ3v) is 4.11. The molecule has 0 unspecified atom stereocenters. The van der Waals surface area contributed by atoms with Gasteiger partial charge in [-0.15, -0.1) is 0 Å². The van der Waals surface area contributed by atoms with E-state index in [-0.39, 0.29) is 18.8 Å². The smallest absolute Gasteiger partial charge is 0.312 e. The molecule has 28 heavy (non-hydrogen) atoms. The SMILES string of the molecule is O=C(COC(=O)Cc1n[nH]c(=O)c2ccccc12)Nc1ccc2c(c1)OCO2. The number of aromatic amines is 1. The van der Waals surface area contributed by atoms with Gasteiger partial charge < -0.3 is 19.5 Å². The number of hydrogen-bond donors (Lipinski definition) is 2. The molecule has 4 rings (SSSR count). The summed E-state index contributed by atoms with van der Waals surface area (Å²) in [5.41, 5.74) is 0.533. The van der Waals surface area contributed by atoms with E-state index < -0.39 is 18.5 Å². The normalized spacial score (nSPS) is 12.0. The molecule has 1 aromatic heterocycles. The van der Waals surface area contributed by atoms with Crippen LogP contribution in [0.5, 0.6) is 11.5 Å². The molecular weight excluding hydrogens is 366 g/mol. The lowest BCUT2D eigenvalue weighted by Gasteiger charge is -2.08. The molecule has 9 heteroatoms. The van der Waals surface area contributed by atoms with Crippen molar-refractivity contribution in [2.24, 2.45) is 0 Å². The lowest BCUT2D eigenvalue weighted by atomic mass is 10.1. The third-order valence-electron chi connectivity index (χ3n) is 4.11. The van der Waals surface area contributed by atoms with Gasteiger partial charge in [0.05, 0.1) is 17.5 Å². The molecule has 0 saturated heterocycles. The Morgan fingerprint density at radius 3 is 2.75 bits per heavy atom. The molecule has 0 bridgehead atoms. The van der Waals surface area contributed by atoms with E-state index in [1.807, 2.05) is 0 Å². The number of H-pyrrole nitrogens is 1. The zero-order chi connectivity index (χ0) is 19.5. The number of ether oxygens (including phenoxy) is 3. The number of hydrogen-bond acceptors (Lipinski definition) is 7. The highest BCUT2D eigenvalue weighted by atomic mass is 16.7. The Morgan fingerprint density at radius 1 is 1.11 bits per heavy atom. The number of carbonyl (C=O) groups is 2. The first-order valence-electron chi connectivity index (χ1n) is 8.41. The van der Waals surface area contributed by atoms with Crippen LogP contribution in [0.25, 0.3) is 10.8 Å². The molecule has 0 atom stereocenters. The fraction of sp³-hybridized carbons (Fsp3) is 0.158. The van der Waals surface area contributed by atoms with Crippen molar-refractivity contribution >= 4 is 28.3 Å². The Morgan fingerprint density at radius 2 is 1.89 bits per heavy atom. The van der Waals surface area contributed by atoms with Gasteiger partial charge in [0.2, 0.25) is 6.79 Å². The molecule has 0 fully saturated rings. The quantitative estimate of drug-likeness (QED) is 0.641. The molecule has 2 aromatic carbocycles. The predicted molar refractivity (Wildman–Crippen MR) is 98.2 cm³/mol. The molecule has 2 heterocycles. The maximum absolute atomic E-state index is 12.1. The van der Waals surface area contributed by atoms with Crippen molar-refractivity contribution in [3.63, 3.8) is 0 Å². The van der Waals surface area contributed by atoms with Crippen LogP contribution >= 0.6 is 0 Å². The molecule has 1 aliphatic heterocycles. The minimum atomic E-state index is -0.634. The third kappa shape index (κ3) is 3.63. The van der Waals surface area contributed by atoms with Crippen LogP contribution in [0.3, 0.4) is 0 Å². The number of amides is 1. The summed E-state index contributed by atoms with van der Waals surface area (Å²) in [6, 6.07) is 11.8. The number of aromatic nitrogens is 2. The van der Waals surface area contributed by atoms with Gasteiger partial charge >= 0.3 is 5.97 Å². The molecule has 0 radical (unpaired) electrons. The number of nitrogens with one attached hydrogen (secondary N) is 2. The number of fused-ring (bicyclic) bond motifs is 2. The molecule has 2 N–H and O–H groups in total. The second-order valence-electron chi connectivity index (χ2n) is 6.00. The number of rotatable bonds is 5. The van der Waals surface area contributed by atoms with E-state index in [9.17, 15) is 14.4 Å². The van der Waals surface area contributed by atoms with Crippen molar-refractivity contribution in [1.29, 1.82) is 0 Å². The van der Waals surface area contributed by atoms with Crippen LogP contribution in [0.15, 0.2) is 47.3 Å². The molecule has 3 aromatic rings. The number of carbonyl (C=O) groups excluding carboxylic acids is 2. The van der Waals surface area contributed by atoms with Crippen LogP contribution in [0.1, 0.15) is 5.69 Å². The van der Waals surface area contributed by atoms with Gasteiger partial charge in [0.25, 0.3) is 11.5 Å². The monoisotopic (exact) mass is 381 g/mol. The van der Waals surface area contributed by atoms with Crippen molar-refractivity contribution < 1.29 is 23.8 Å². The van der Waals surface area contributed by atoms with Gasteiger partial charge in [0, 0.05) is 17.1 Å². The summed E-state index contributed by atoms with van der Waals surface area (Å²) < 4.78 is 15.5. The minimum absolute atomic E-state index is 0.137. The van der Waals surface area contributed by atoms with E-state index in [0.29, 0.717) is 33.7 Å². The molecule has 0 spiro atoms. The van der Waals surface area contributed by atoms with Crippen LogP contribution in [0.4, 0.5) is 5.69 Å². The first kappa shape index (κ1) is 17.5. The molecule has 142 valence electrons. The highest BCUT2D eigenvalue weighted by Crippen LogP contribution is 2.34. The lowest BCUT2D eigenvalue weighted by Crippen LogP contribution is -2.22. The van der Waals surface area contributed by atoms with E-state index in [1.165, 1.54) is 0 Å². The zero-order valence-corrected chi connectivity index (χ0v) is 14.6. The Labute approximate surface area is 158 Å². The molecular formula is C19H15N3O6. The molecule has 0 saturated carbocycles. The highest BCUT2D eigenvalue weighted by Gasteiger charge is 2.16. The van der Waals surface area contributed by atoms with E-state index in [4.69, 9.17) is 14.2 Å². The molecule has 9 nitrogen and oxygen atoms in total. The number of anilines is 1. The summed E-state index contributed by atoms with van der Waals surface area (Å²) in [5.74, 6) is 0.00733. The summed E-state index contributed by atoms with van der Waals surface area (Å²) in [5, 5.41) is 9.87. The van der Waals surface area contributed by atoms with Gasteiger partial charge in [-0.25, -0.2) is 5.10 Å². The van der Waals surface area contributed by atoms with Gasteiger partial charge in [-0.05, 0) is 18.2 Å².